The molecule has 3 rings (SSSR count). The second-order valence-corrected chi connectivity index (χ2v) is 5.92. The van der Waals surface area contributed by atoms with Crippen molar-refractivity contribution in [2.45, 2.75) is 6.92 Å². The number of anilines is 3. The van der Waals surface area contributed by atoms with Gasteiger partial charge >= 0.3 is 5.69 Å². The minimum Gasteiger partial charge on any atom is -0.319 e. The number of aryl methyl sites for hydroxylation is 1. The summed E-state index contributed by atoms with van der Waals surface area (Å²) in [5, 5.41) is 16.4. The Balaban J connectivity index is 1.85. The summed E-state index contributed by atoms with van der Waals surface area (Å²) in [4.78, 5) is 25.5. The van der Waals surface area contributed by atoms with E-state index in [2.05, 4.69) is 30.6 Å². The van der Waals surface area contributed by atoms with Crippen LogP contribution in [-0.2, 0) is 0 Å². The van der Waals surface area contributed by atoms with Gasteiger partial charge in [-0.1, -0.05) is 0 Å². The fourth-order valence-electron chi connectivity index (χ4n) is 2.52. The first-order valence-corrected chi connectivity index (χ1v) is 7.92. The molecule has 0 bridgehead atoms. The van der Waals surface area contributed by atoms with Gasteiger partial charge in [-0.2, -0.15) is 0 Å². The molecule has 0 radical (unpaired) electrons. The molecule has 0 atom stereocenters. The predicted molar refractivity (Wildman–Crippen MR) is 93.6 cm³/mol. The standard InChI is InChI=1S/C15H20N8O2/c1-11-3-4-16-12(9-11)19-14-13(23(24)25)15(18-10-17-14)20-22-7-5-21(2)6-8-22/h3-4,9-10H,5-8H2,1-2H3,(H2,16,17,18,19,20). The van der Waals surface area contributed by atoms with Gasteiger partial charge in [0, 0.05) is 32.4 Å². The van der Waals surface area contributed by atoms with Gasteiger partial charge in [-0.3, -0.25) is 15.5 Å². The van der Waals surface area contributed by atoms with Gasteiger partial charge in [0.1, 0.15) is 12.1 Å². The Morgan fingerprint density at radius 1 is 1.16 bits per heavy atom. The Bertz CT molecular complexity index is 761. The highest BCUT2D eigenvalue weighted by atomic mass is 16.6. The summed E-state index contributed by atoms with van der Waals surface area (Å²) >= 11 is 0. The van der Waals surface area contributed by atoms with E-state index in [-0.39, 0.29) is 17.3 Å². The van der Waals surface area contributed by atoms with Crippen molar-refractivity contribution in [1.29, 1.82) is 0 Å². The molecule has 0 aromatic carbocycles. The average Bonchev–Trinajstić information content (AvgIpc) is 2.57. The number of hydrogen-bond acceptors (Lipinski definition) is 9. The first kappa shape index (κ1) is 17.0. The second kappa shape index (κ2) is 7.36. The van der Waals surface area contributed by atoms with E-state index in [1.54, 1.807) is 12.3 Å². The Kier molecular flexibility index (Phi) is 5.00. The zero-order chi connectivity index (χ0) is 17.8. The molecule has 1 fully saturated rings. The molecule has 10 nitrogen and oxygen atoms in total. The van der Waals surface area contributed by atoms with Gasteiger partial charge in [0.2, 0.25) is 11.6 Å². The smallest absolute Gasteiger partial charge is 0.319 e. The zero-order valence-corrected chi connectivity index (χ0v) is 14.1. The third kappa shape index (κ3) is 4.17. The summed E-state index contributed by atoms with van der Waals surface area (Å²) in [7, 11) is 2.04. The van der Waals surface area contributed by atoms with Crippen molar-refractivity contribution in [3.05, 3.63) is 40.3 Å². The molecule has 1 aliphatic heterocycles. The van der Waals surface area contributed by atoms with E-state index in [0.717, 1.165) is 31.7 Å². The Hall–Kier alpha value is -2.85. The Morgan fingerprint density at radius 2 is 1.88 bits per heavy atom. The fourth-order valence-corrected chi connectivity index (χ4v) is 2.52. The second-order valence-electron chi connectivity index (χ2n) is 5.92. The lowest BCUT2D eigenvalue weighted by Gasteiger charge is -2.32. The van der Waals surface area contributed by atoms with Crippen LogP contribution in [0.3, 0.4) is 0 Å². The molecule has 2 aromatic heterocycles. The molecule has 2 N–H and O–H groups in total. The van der Waals surface area contributed by atoms with E-state index in [1.807, 2.05) is 25.0 Å². The number of nitrogens with one attached hydrogen (secondary N) is 2. The molecule has 0 amide bonds. The van der Waals surface area contributed by atoms with Gasteiger partial charge in [0.15, 0.2) is 0 Å². The van der Waals surface area contributed by atoms with Gasteiger partial charge in [0.25, 0.3) is 0 Å². The van der Waals surface area contributed by atoms with Crippen LogP contribution in [0.1, 0.15) is 5.56 Å². The van der Waals surface area contributed by atoms with Crippen molar-refractivity contribution >= 4 is 23.1 Å². The minimum absolute atomic E-state index is 0.106. The van der Waals surface area contributed by atoms with Crippen LogP contribution in [0.4, 0.5) is 23.1 Å². The highest BCUT2D eigenvalue weighted by Crippen LogP contribution is 2.31. The molecule has 1 saturated heterocycles. The highest BCUT2D eigenvalue weighted by molar-refractivity contribution is 5.72. The van der Waals surface area contributed by atoms with Crippen LogP contribution in [0.2, 0.25) is 0 Å². The zero-order valence-electron chi connectivity index (χ0n) is 14.1. The maximum absolute atomic E-state index is 11.6. The third-order valence-electron chi connectivity index (χ3n) is 3.93. The summed E-state index contributed by atoms with van der Waals surface area (Å²) in [6.45, 7) is 5.18. The number of rotatable bonds is 5. The maximum atomic E-state index is 11.6. The van der Waals surface area contributed by atoms with Gasteiger partial charge in [-0.25, -0.2) is 20.0 Å². The van der Waals surface area contributed by atoms with Crippen LogP contribution >= 0.6 is 0 Å². The summed E-state index contributed by atoms with van der Waals surface area (Å²) in [5.41, 5.74) is 3.83. The normalized spacial score (nSPS) is 15.8. The number of pyridine rings is 1. The van der Waals surface area contributed by atoms with Crippen molar-refractivity contribution in [1.82, 2.24) is 24.9 Å². The highest BCUT2D eigenvalue weighted by Gasteiger charge is 2.25. The molecular weight excluding hydrogens is 324 g/mol. The monoisotopic (exact) mass is 344 g/mol. The first-order valence-electron chi connectivity index (χ1n) is 7.92. The van der Waals surface area contributed by atoms with E-state index >= 15 is 0 Å². The Morgan fingerprint density at radius 3 is 2.56 bits per heavy atom. The first-order chi connectivity index (χ1) is 12.0. The van der Waals surface area contributed by atoms with E-state index in [4.69, 9.17) is 0 Å². The van der Waals surface area contributed by atoms with Crippen molar-refractivity contribution in [3.8, 4) is 0 Å². The molecule has 132 valence electrons. The van der Waals surface area contributed by atoms with Crippen molar-refractivity contribution in [3.63, 3.8) is 0 Å². The van der Waals surface area contributed by atoms with E-state index < -0.39 is 4.92 Å². The number of likely N-dealkylation sites (N-methyl/N-ethyl adjacent to an activating group) is 1. The van der Waals surface area contributed by atoms with E-state index in [0.29, 0.717) is 5.82 Å². The molecule has 25 heavy (non-hydrogen) atoms. The van der Waals surface area contributed by atoms with Crippen LogP contribution in [0.25, 0.3) is 0 Å². The number of piperazine rings is 1. The average molecular weight is 344 g/mol. The van der Waals surface area contributed by atoms with Crippen molar-refractivity contribution < 1.29 is 4.92 Å². The summed E-state index contributed by atoms with van der Waals surface area (Å²) in [6.07, 6.45) is 2.93. The lowest BCUT2D eigenvalue weighted by atomic mass is 10.3. The van der Waals surface area contributed by atoms with E-state index in [9.17, 15) is 10.1 Å². The number of hydrogen-bond donors (Lipinski definition) is 2. The molecular formula is C15H20N8O2. The fraction of sp³-hybridized carbons (Fsp3) is 0.400. The van der Waals surface area contributed by atoms with Crippen molar-refractivity contribution in [2.24, 2.45) is 0 Å². The predicted octanol–water partition coefficient (Wildman–Crippen LogP) is 1.41. The van der Waals surface area contributed by atoms with Crippen LogP contribution in [0.5, 0.6) is 0 Å². The number of aromatic nitrogens is 3. The van der Waals surface area contributed by atoms with Crippen molar-refractivity contribution in [2.75, 3.05) is 44.0 Å². The summed E-state index contributed by atoms with van der Waals surface area (Å²) in [6, 6.07) is 3.64. The number of nitrogens with zero attached hydrogens (tertiary/aromatic N) is 6. The number of nitro groups is 1. The SMILES string of the molecule is Cc1ccnc(Nc2ncnc(NN3CCN(C)CC3)c2[N+](=O)[O-])c1. The van der Waals surface area contributed by atoms with Gasteiger partial charge < -0.3 is 10.2 Å². The lowest BCUT2D eigenvalue weighted by Crippen LogP contribution is -2.47. The largest absolute Gasteiger partial charge is 0.354 e. The molecule has 0 unspecified atom stereocenters. The minimum atomic E-state index is -0.490. The van der Waals surface area contributed by atoms with Gasteiger partial charge in [-0.05, 0) is 31.7 Å². The molecule has 0 saturated carbocycles. The molecule has 1 aliphatic rings. The molecule has 10 heteroatoms. The van der Waals surface area contributed by atoms with Gasteiger partial charge in [0.05, 0.1) is 4.92 Å². The summed E-state index contributed by atoms with van der Waals surface area (Å²) in [5.74, 6) is 0.766. The van der Waals surface area contributed by atoms with Crippen LogP contribution in [0, 0.1) is 17.0 Å². The summed E-state index contributed by atoms with van der Waals surface area (Å²) < 4.78 is 0. The Labute approximate surface area is 145 Å². The maximum Gasteiger partial charge on any atom is 0.354 e. The molecule has 0 spiro atoms. The van der Waals surface area contributed by atoms with Gasteiger partial charge in [-0.15, -0.1) is 0 Å². The van der Waals surface area contributed by atoms with Crippen LogP contribution in [-0.4, -0.2) is 63.0 Å². The topological polar surface area (TPSA) is 112 Å². The quantitative estimate of drug-likeness (QED) is 0.614. The van der Waals surface area contributed by atoms with Crippen LogP contribution in [0.15, 0.2) is 24.7 Å². The third-order valence-corrected chi connectivity index (χ3v) is 3.93. The van der Waals surface area contributed by atoms with Crippen LogP contribution < -0.4 is 10.7 Å². The molecule has 2 aromatic rings. The van der Waals surface area contributed by atoms with E-state index in [1.165, 1.54) is 6.33 Å². The molecule has 3 heterocycles. The molecule has 0 aliphatic carbocycles. The number of hydrazine groups is 1. The lowest BCUT2D eigenvalue weighted by molar-refractivity contribution is -0.383.